The van der Waals surface area contributed by atoms with E-state index in [1.54, 1.807) is 18.2 Å². The summed E-state index contributed by atoms with van der Waals surface area (Å²) in [6.07, 6.45) is -1.35. The fourth-order valence-corrected chi connectivity index (χ4v) is 4.38. The Morgan fingerprint density at radius 3 is 2.58 bits per heavy atom. The molecule has 0 saturated heterocycles. The maximum Gasteiger partial charge on any atom is 0.422 e. The summed E-state index contributed by atoms with van der Waals surface area (Å²) in [5.41, 5.74) is 9.25. The van der Waals surface area contributed by atoms with E-state index in [1.165, 1.54) is 6.07 Å². The van der Waals surface area contributed by atoms with Gasteiger partial charge in [-0.1, -0.05) is 18.2 Å². The van der Waals surface area contributed by atoms with Crippen molar-refractivity contribution < 1.29 is 32.5 Å². The summed E-state index contributed by atoms with van der Waals surface area (Å²) in [5, 5.41) is 12.4. The average Bonchev–Trinajstić information content (AvgIpc) is 3.23. The molecule has 4 N–H and O–H groups in total. The Bertz CT molecular complexity index is 1020. The third-order valence-electron chi connectivity index (χ3n) is 5.95. The van der Waals surface area contributed by atoms with E-state index in [0.717, 1.165) is 49.2 Å². The van der Waals surface area contributed by atoms with Gasteiger partial charge in [-0.3, -0.25) is 4.79 Å². The number of alkyl halides is 3. The molecule has 2 aromatic carbocycles. The largest absolute Gasteiger partial charge is 0.488 e. The van der Waals surface area contributed by atoms with Gasteiger partial charge in [0.05, 0.1) is 11.3 Å². The zero-order valence-electron chi connectivity index (χ0n) is 20.4. The van der Waals surface area contributed by atoms with Gasteiger partial charge in [0.1, 0.15) is 6.61 Å². The summed E-state index contributed by atoms with van der Waals surface area (Å²) in [7, 11) is 0. The normalized spacial score (nSPS) is 14.0. The molecular formula is C26H34F3N3O4. The second-order valence-electron chi connectivity index (χ2n) is 8.94. The van der Waals surface area contributed by atoms with Crippen LogP contribution in [0.5, 0.6) is 11.5 Å². The zero-order valence-corrected chi connectivity index (χ0v) is 20.4. The van der Waals surface area contributed by atoms with Gasteiger partial charge in [0.15, 0.2) is 18.1 Å². The number of benzene rings is 2. The van der Waals surface area contributed by atoms with Crippen molar-refractivity contribution >= 4 is 11.6 Å². The van der Waals surface area contributed by atoms with Gasteiger partial charge in [0.2, 0.25) is 0 Å². The predicted octanol–water partition coefficient (Wildman–Crippen LogP) is 3.46. The summed E-state index contributed by atoms with van der Waals surface area (Å²) in [6.45, 7) is 3.10. The SMILES string of the molecule is C[C@H](Cc1cc2c(c(C(N)=O)c1)N(CCCCO)CC2)NCCOc1ccccc1OCC(F)(F)F. The molecule has 0 radical (unpaired) electrons. The van der Waals surface area contributed by atoms with Crippen LogP contribution < -0.4 is 25.4 Å². The van der Waals surface area contributed by atoms with E-state index in [9.17, 15) is 18.0 Å². The van der Waals surface area contributed by atoms with E-state index in [-0.39, 0.29) is 30.8 Å². The number of amides is 1. The molecule has 1 aliphatic heterocycles. The smallest absolute Gasteiger partial charge is 0.422 e. The van der Waals surface area contributed by atoms with E-state index in [0.29, 0.717) is 18.5 Å². The third kappa shape index (κ3) is 8.03. The monoisotopic (exact) mass is 509 g/mol. The van der Waals surface area contributed by atoms with E-state index in [4.69, 9.17) is 20.3 Å². The van der Waals surface area contributed by atoms with Crippen LogP contribution in [0.2, 0.25) is 0 Å². The molecule has 3 rings (SSSR count). The maximum atomic E-state index is 12.5. The molecule has 198 valence electrons. The van der Waals surface area contributed by atoms with Crippen LogP contribution in [0.3, 0.4) is 0 Å². The lowest BCUT2D eigenvalue weighted by atomic mass is 9.98. The van der Waals surface area contributed by atoms with Crippen molar-refractivity contribution in [3.63, 3.8) is 0 Å². The van der Waals surface area contributed by atoms with Crippen molar-refractivity contribution in [2.24, 2.45) is 5.73 Å². The number of para-hydroxylation sites is 2. The molecule has 10 heteroatoms. The molecule has 0 fully saturated rings. The number of carbonyl (C=O) groups excluding carboxylic acids is 1. The number of hydrogen-bond acceptors (Lipinski definition) is 6. The standard InChI is InChI=1S/C26H34F3N3O4/c1-18(31-9-13-35-22-6-2-3-7-23(22)36-17-26(27,28)29)14-19-15-20-8-11-32(10-4-5-12-33)24(20)21(16-19)25(30)34/h2-3,6-7,15-16,18,31,33H,4-5,8-14,17H2,1H3,(H2,30,34)/t18-/m1/s1. The van der Waals surface area contributed by atoms with Crippen molar-refractivity contribution in [2.75, 3.05) is 44.4 Å². The highest BCUT2D eigenvalue weighted by atomic mass is 19.4. The van der Waals surface area contributed by atoms with Gasteiger partial charge in [-0.2, -0.15) is 13.2 Å². The van der Waals surface area contributed by atoms with Crippen molar-refractivity contribution in [3.05, 3.63) is 53.1 Å². The minimum absolute atomic E-state index is 0.0467. The maximum absolute atomic E-state index is 12.5. The third-order valence-corrected chi connectivity index (χ3v) is 5.95. The number of anilines is 1. The topological polar surface area (TPSA) is 97.1 Å². The molecule has 1 amide bonds. The van der Waals surface area contributed by atoms with Crippen LogP contribution in [0.4, 0.5) is 18.9 Å². The molecule has 0 aliphatic carbocycles. The van der Waals surface area contributed by atoms with Gasteiger partial charge in [-0.15, -0.1) is 0 Å². The van der Waals surface area contributed by atoms with Crippen LogP contribution in [0, 0.1) is 0 Å². The first-order chi connectivity index (χ1) is 17.2. The average molecular weight is 510 g/mol. The van der Waals surface area contributed by atoms with Crippen molar-refractivity contribution in [3.8, 4) is 11.5 Å². The molecule has 7 nitrogen and oxygen atoms in total. The Morgan fingerprint density at radius 2 is 1.92 bits per heavy atom. The lowest BCUT2D eigenvalue weighted by molar-refractivity contribution is -0.153. The highest BCUT2D eigenvalue weighted by molar-refractivity contribution is 6.00. The lowest BCUT2D eigenvalue weighted by Gasteiger charge is -2.22. The number of rotatable bonds is 14. The Hall–Kier alpha value is -2.98. The van der Waals surface area contributed by atoms with Crippen LogP contribution in [-0.2, 0) is 12.8 Å². The minimum atomic E-state index is -4.42. The number of nitrogens with zero attached hydrogens (tertiary/aromatic N) is 1. The Labute approximate surface area is 209 Å². The lowest BCUT2D eigenvalue weighted by Crippen LogP contribution is -2.32. The molecule has 1 atom stereocenters. The Kier molecular flexibility index (Phi) is 9.83. The summed E-state index contributed by atoms with van der Waals surface area (Å²) < 4.78 is 47.8. The molecule has 0 unspecified atom stereocenters. The van der Waals surface area contributed by atoms with Gasteiger partial charge in [-0.25, -0.2) is 0 Å². The number of hydrogen-bond donors (Lipinski definition) is 3. The Morgan fingerprint density at radius 1 is 1.19 bits per heavy atom. The second kappa shape index (κ2) is 12.8. The van der Waals surface area contributed by atoms with Gasteiger partial charge >= 0.3 is 6.18 Å². The fourth-order valence-electron chi connectivity index (χ4n) is 4.38. The highest BCUT2D eigenvalue weighted by Gasteiger charge is 2.29. The highest BCUT2D eigenvalue weighted by Crippen LogP contribution is 2.34. The number of fused-ring (bicyclic) bond motifs is 1. The molecular weight excluding hydrogens is 475 g/mol. The van der Waals surface area contributed by atoms with Crippen molar-refractivity contribution in [2.45, 2.75) is 44.8 Å². The van der Waals surface area contributed by atoms with Crippen molar-refractivity contribution in [1.29, 1.82) is 0 Å². The number of nitrogens with one attached hydrogen (secondary N) is 1. The van der Waals surface area contributed by atoms with Gasteiger partial charge in [0, 0.05) is 32.3 Å². The number of unbranched alkanes of at least 4 members (excludes halogenated alkanes) is 1. The quantitative estimate of drug-likeness (QED) is 0.338. The summed E-state index contributed by atoms with van der Waals surface area (Å²) >= 11 is 0. The minimum Gasteiger partial charge on any atom is -0.488 e. The molecule has 36 heavy (non-hydrogen) atoms. The van der Waals surface area contributed by atoms with Gasteiger partial charge < -0.3 is 30.5 Å². The first kappa shape index (κ1) is 27.6. The number of aliphatic hydroxyl groups excluding tert-OH is 1. The van der Waals surface area contributed by atoms with Crippen LogP contribution >= 0.6 is 0 Å². The summed E-state index contributed by atoms with van der Waals surface area (Å²) in [6, 6.07) is 10.3. The van der Waals surface area contributed by atoms with Crippen LogP contribution in [0.1, 0.15) is 41.3 Å². The van der Waals surface area contributed by atoms with Crippen LogP contribution in [-0.4, -0.2) is 62.7 Å². The second-order valence-corrected chi connectivity index (χ2v) is 8.94. The molecule has 0 bridgehead atoms. The van der Waals surface area contributed by atoms with E-state index in [2.05, 4.69) is 16.3 Å². The molecule has 2 aromatic rings. The molecule has 0 spiro atoms. The molecule has 0 aromatic heterocycles. The number of ether oxygens (including phenoxy) is 2. The fraction of sp³-hybridized carbons (Fsp3) is 0.500. The Balaban J connectivity index is 1.53. The summed E-state index contributed by atoms with van der Waals surface area (Å²) in [5.74, 6) is -0.155. The van der Waals surface area contributed by atoms with E-state index in [1.807, 2.05) is 13.0 Å². The predicted molar refractivity (Wildman–Crippen MR) is 132 cm³/mol. The van der Waals surface area contributed by atoms with Crippen LogP contribution in [0.25, 0.3) is 0 Å². The zero-order chi connectivity index (χ0) is 26.1. The van der Waals surface area contributed by atoms with E-state index >= 15 is 0 Å². The molecule has 1 aliphatic rings. The van der Waals surface area contributed by atoms with Crippen LogP contribution in [0.15, 0.2) is 36.4 Å². The van der Waals surface area contributed by atoms with Crippen molar-refractivity contribution in [1.82, 2.24) is 5.32 Å². The first-order valence-electron chi connectivity index (χ1n) is 12.1. The number of carbonyl (C=O) groups is 1. The number of nitrogens with two attached hydrogens (primary N) is 1. The number of halogens is 3. The number of aliphatic hydroxyl groups is 1. The first-order valence-corrected chi connectivity index (χ1v) is 12.1. The number of primary amides is 1. The van der Waals surface area contributed by atoms with Gasteiger partial charge in [0.25, 0.3) is 5.91 Å². The van der Waals surface area contributed by atoms with Gasteiger partial charge in [-0.05, 0) is 61.9 Å². The molecule has 1 heterocycles. The molecule has 0 saturated carbocycles. The summed E-state index contributed by atoms with van der Waals surface area (Å²) in [4.78, 5) is 14.4. The van der Waals surface area contributed by atoms with E-state index < -0.39 is 18.7 Å².